The van der Waals surface area contributed by atoms with Crippen LogP contribution in [0.2, 0.25) is 5.02 Å². The Morgan fingerprint density at radius 3 is 2.88 bits per heavy atom. The lowest BCUT2D eigenvalue weighted by atomic mass is 9.85. The summed E-state index contributed by atoms with van der Waals surface area (Å²) in [6.07, 6.45) is -1.67. The summed E-state index contributed by atoms with van der Waals surface area (Å²) in [5.74, 6) is -0.397. The molecule has 0 aliphatic carbocycles. The molecule has 2 atom stereocenters. The highest BCUT2D eigenvalue weighted by molar-refractivity contribution is 6.32. The Hall–Kier alpha value is -2.47. The number of carbonyl (C=O) groups excluding carboxylic acids is 1. The van der Waals surface area contributed by atoms with E-state index in [1.54, 1.807) is 11.1 Å². The Morgan fingerprint density at radius 2 is 2.16 bits per heavy atom. The van der Waals surface area contributed by atoms with Gasteiger partial charge in [0.15, 0.2) is 0 Å². The summed E-state index contributed by atoms with van der Waals surface area (Å²) in [6, 6.07) is 6.93. The fourth-order valence-electron chi connectivity index (χ4n) is 3.77. The summed E-state index contributed by atoms with van der Waals surface area (Å²) >= 11 is 6.10. The van der Waals surface area contributed by atoms with Gasteiger partial charge < -0.3 is 19.1 Å². The van der Waals surface area contributed by atoms with Crippen LogP contribution in [-0.2, 0) is 19.8 Å². The van der Waals surface area contributed by atoms with Crippen LogP contribution in [-0.4, -0.2) is 66.3 Å². The van der Waals surface area contributed by atoms with Crippen molar-refractivity contribution in [3.05, 3.63) is 52.9 Å². The number of ether oxygens (including phenoxy) is 4. The van der Waals surface area contributed by atoms with Crippen LogP contribution >= 0.6 is 11.6 Å². The standard InChI is InChI=1S/C20H19ClF3N3O5/c21-14-9-13(10-26-17(14)29-7-8-31-20(22,23)24)18(28)27-6-4-19(15-3-1-2-5-25-15)16(11-27)30-12-32-19/h1-3,5,9-10,16H,4,6-8,11-12H2. The number of carbonyl (C=O) groups is 1. The first-order chi connectivity index (χ1) is 15.3. The highest BCUT2D eigenvalue weighted by Gasteiger charge is 2.52. The molecular weight excluding hydrogens is 455 g/mol. The highest BCUT2D eigenvalue weighted by atomic mass is 35.5. The van der Waals surface area contributed by atoms with Gasteiger partial charge in [0.25, 0.3) is 5.91 Å². The average molecular weight is 474 g/mol. The van der Waals surface area contributed by atoms with Crippen LogP contribution in [0.4, 0.5) is 13.2 Å². The normalized spacial score (nSPS) is 23.1. The maximum absolute atomic E-state index is 13.0. The lowest BCUT2D eigenvalue weighted by Crippen LogP contribution is -2.53. The number of rotatable bonds is 6. The molecule has 0 spiro atoms. The van der Waals surface area contributed by atoms with E-state index in [9.17, 15) is 18.0 Å². The molecule has 2 saturated heterocycles. The number of hydrogen-bond acceptors (Lipinski definition) is 7. The van der Waals surface area contributed by atoms with E-state index >= 15 is 0 Å². The van der Waals surface area contributed by atoms with E-state index in [2.05, 4.69) is 14.7 Å². The molecule has 4 rings (SSSR count). The van der Waals surface area contributed by atoms with Gasteiger partial charge in [-0.3, -0.25) is 14.5 Å². The summed E-state index contributed by atoms with van der Waals surface area (Å²) in [5, 5.41) is 0.00292. The molecule has 172 valence electrons. The Bertz CT molecular complexity index is 965. The largest absolute Gasteiger partial charge is 0.522 e. The van der Waals surface area contributed by atoms with Crippen molar-refractivity contribution in [1.82, 2.24) is 14.9 Å². The smallest absolute Gasteiger partial charge is 0.474 e. The topological polar surface area (TPSA) is 83.0 Å². The van der Waals surface area contributed by atoms with Crippen LogP contribution in [0.1, 0.15) is 22.5 Å². The summed E-state index contributed by atoms with van der Waals surface area (Å²) in [6.45, 7) is -0.307. The van der Waals surface area contributed by atoms with Crippen LogP contribution in [0.3, 0.4) is 0 Å². The molecule has 2 aliphatic heterocycles. The van der Waals surface area contributed by atoms with Gasteiger partial charge in [0.1, 0.15) is 30.1 Å². The van der Waals surface area contributed by atoms with E-state index in [0.29, 0.717) is 19.5 Å². The molecule has 0 radical (unpaired) electrons. The van der Waals surface area contributed by atoms with E-state index in [4.69, 9.17) is 25.8 Å². The lowest BCUT2D eigenvalue weighted by molar-refractivity contribution is -0.325. The maximum Gasteiger partial charge on any atom is 0.522 e. The van der Waals surface area contributed by atoms with Crippen molar-refractivity contribution in [3.63, 3.8) is 0 Å². The van der Waals surface area contributed by atoms with Gasteiger partial charge >= 0.3 is 6.36 Å². The zero-order chi connectivity index (χ0) is 22.8. The summed E-state index contributed by atoms with van der Waals surface area (Å²) < 4.78 is 56.4. The molecular formula is C20H19ClF3N3O5. The summed E-state index contributed by atoms with van der Waals surface area (Å²) in [4.78, 5) is 23.0. The first-order valence-corrected chi connectivity index (χ1v) is 10.1. The number of piperidine rings is 1. The fourth-order valence-corrected chi connectivity index (χ4v) is 3.99. The van der Waals surface area contributed by atoms with Crippen LogP contribution < -0.4 is 4.74 Å². The maximum atomic E-state index is 13.0. The third-order valence-corrected chi connectivity index (χ3v) is 5.54. The Kier molecular flexibility index (Phi) is 6.52. The molecule has 0 saturated carbocycles. The number of likely N-dealkylation sites (tertiary alicyclic amines) is 1. The van der Waals surface area contributed by atoms with Crippen LogP contribution in [0.25, 0.3) is 0 Å². The van der Waals surface area contributed by atoms with Gasteiger partial charge in [-0.2, -0.15) is 0 Å². The second-order valence-electron chi connectivity index (χ2n) is 7.18. The van der Waals surface area contributed by atoms with Crippen molar-refractivity contribution < 1.29 is 36.9 Å². The molecule has 2 aromatic rings. The van der Waals surface area contributed by atoms with Gasteiger partial charge in [0.2, 0.25) is 5.88 Å². The molecule has 0 aromatic carbocycles. The van der Waals surface area contributed by atoms with Crippen molar-refractivity contribution in [1.29, 1.82) is 0 Å². The molecule has 2 aromatic heterocycles. The molecule has 2 aliphatic rings. The molecule has 4 heterocycles. The Balaban J connectivity index is 1.39. The number of nitrogens with zero attached hydrogens (tertiary/aromatic N) is 3. The van der Waals surface area contributed by atoms with Crippen LogP contribution in [0.5, 0.6) is 5.88 Å². The minimum atomic E-state index is -4.74. The first kappa shape index (κ1) is 22.7. The number of amides is 1. The van der Waals surface area contributed by atoms with Gasteiger partial charge in [-0.1, -0.05) is 17.7 Å². The minimum absolute atomic E-state index is 0.00292. The quantitative estimate of drug-likeness (QED) is 0.596. The van der Waals surface area contributed by atoms with Crippen molar-refractivity contribution >= 4 is 17.5 Å². The SMILES string of the molecule is O=C(c1cnc(OCCOC(F)(F)F)c(Cl)c1)N1CCC2(c3ccccn3)OCOC2C1. The number of alkyl halides is 3. The minimum Gasteiger partial charge on any atom is -0.474 e. The Labute approximate surface area is 186 Å². The molecule has 32 heavy (non-hydrogen) atoms. The second-order valence-corrected chi connectivity index (χ2v) is 7.58. The Morgan fingerprint density at radius 1 is 1.31 bits per heavy atom. The van der Waals surface area contributed by atoms with Gasteiger partial charge in [-0.15, -0.1) is 13.2 Å². The molecule has 2 unspecified atom stereocenters. The van der Waals surface area contributed by atoms with E-state index in [-0.39, 0.29) is 35.3 Å². The summed E-state index contributed by atoms with van der Waals surface area (Å²) in [7, 11) is 0. The van der Waals surface area contributed by atoms with Crippen LogP contribution in [0.15, 0.2) is 36.7 Å². The number of halogens is 4. The van der Waals surface area contributed by atoms with E-state index in [1.807, 2.05) is 18.2 Å². The zero-order valence-electron chi connectivity index (χ0n) is 16.7. The predicted molar refractivity (Wildman–Crippen MR) is 104 cm³/mol. The third-order valence-electron chi connectivity index (χ3n) is 5.27. The molecule has 0 N–H and O–H groups in total. The van der Waals surface area contributed by atoms with Crippen molar-refractivity contribution in [3.8, 4) is 5.88 Å². The predicted octanol–water partition coefficient (Wildman–Crippen LogP) is 3.16. The molecule has 12 heteroatoms. The monoisotopic (exact) mass is 473 g/mol. The number of fused-ring (bicyclic) bond motifs is 1. The van der Waals surface area contributed by atoms with Crippen molar-refractivity contribution in [2.45, 2.75) is 24.5 Å². The molecule has 8 nitrogen and oxygen atoms in total. The number of hydrogen-bond donors (Lipinski definition) is 0. The van der Waals surface area contributed by atoms with Gasteiger partial charge in [-0.05, 0) is 18.2 Å². The van der Waals surface area contributed by atoms with E-state index in [0.717, 1.165) is 5.69 Å². The van der Waals surface area contributed by atoms with Gasteiger partial charge in [-0.25, -0.2) is 4.98 Å². The van der Waals surface area contributed by atoms with Gasteiger partial charge in [0, 0.05) is 25.4 Å². The fraction of sp³-hybridized carbons (Fsp3) is 0.450. The lowest BCUT2D eigenvalue weighted by Gasteiger charge is -2.41. The van der Waals surface area contributed by atoms with E-state index < -0.39 is 25.2 Å². The molecule has 0 bridgehead atoms. The van der Waals surface area contributed by atoms with Crippen molar-refractivity contribution in [2.24, 2.45) is 0 Å². The van der Waals surface area contributed by atoms with Crippen molar-refractivity contribution in [2.75, 3.05) is 33.1 Å². The third kappa shape index (κ3) is 4.80. The molecule has 1 amide bonds. The number of aromatic nitrogens is 2. The summed E-state index contributed by atoms with van der Waals surface area (Å²) in [5.41, 5.74) is 0.276. The number of pyridine rings is 2. The van der Waals surface area contributed by atoms with Crippen LogP contribution in [0, 0.1) is 0 Å². The second kappa shape index (κ2) is 9.18. The van der Waals surface area contributed by atoms with Gasteiger partial charge in [0.05, 0.1) is 24.4 Å². The zero-order valence-corrected chi connectivity index (χ0v) is 17.4. The highest BCUT2D eigenvalue weighted by Crippen LogP contribution is 2.41. The molecule has 2 fully saturated rings. The average Bonchev–Trinajstić information content (AvgIpc) is 3.21. The van der Waals surface area contributed by atoms with E-state index in [1.165, 1.54) is 12.3 Å². The first-order valence-electron chi connectivity index (χ1n) is 9.74.